The fourth-order valence-corrected chi connectivity index (χ4v) is 3.42. The van der Waals surface area contributed by atoms with Crippen LogP contribution in [0.5, 0.6) is 23.0 Å². The molecule has 34 heavy (non-hydrogen) atoms. The highest BCUT2D eigenvalue weighted by molar-refractivity contribution is 6.32. The number of nitriles is 1. The van der Waals surface area contributed by atoms with Gasteiger partial charge in [-0.2, -0.15) is 10.4 Å². The molecule has 0 aromatic heterocycles. The smallest absolute Gasteiger partial charge is 0.180 e. The number of hydrogen-bond donors (Lipinski definition) is 1. The van der Waals surface area contributed by atoms with Crippen molar-refractivity contribution >= 4 is 17.8 Å². The zero-order chi connectivity index (χ0) is 24.3. The van der Waals surface area contributed by atoms with Crippen LogP contribution in [0.3, 0.4) is 0 Å². The fourth-order valence-electron chi connectivity index (χ4n) is 3.14. The highest BCUT2D eigenvalue weighted by Crippen LogP contribution is 2.37. The highest BCUT2D eigenvalue weighted by atomic mass is 35.5. The lowest BCUT2D eigenvalue weighted by Gasteiger charge is -2.14. The van der Waals surface area contributed by atoms with Crippen LogP contribution in [0.25, 0.3) is 0 Å². The van der Waals surface area contributed by atoms with E-state index in [0.717, 1.165) is 16.7 Å². The van der Waals surface area contributed by atoms with Gasteiger partial charge in [0, 0.05) is 0 Å². The summed E-state index contributed by atoms with van der Waals surface area (Å²) in [5.74, 6) is 2.33. The van der Waals surface area contributed by atoms with Crippen molar-refractivity contribution in [2.45, 2.75) is 20.1 Å². The maximum atomic E-state index is 8.93. The second kappa shape index (κ2) is 12.4. The molecule has 3 aromatic rings. The molecule has 0 aliphatic rings. The Morgan fingerprint density at radius 1 is 0.941 bits per heavy atom. The van der Waals surface area contributed by atoms with Gasteiger partial charge in [-0.1, -0.05) is 29.8 Å². The zero-order valence-electron chi connectivity index (χ0n) is 19.3. The third-order valence-corrected chi connectivity index (χ3v) is 5.11. The molecule has 0 saturated heterocycles. The molecule has 7 nitrogen and oxygen atoms in total. The number of benzene rings is 3. The number of hydrogen-bond acceptors (Lipinski definition) is 7. The number of nitrogens with zero attached hydrogens (tertiary/aromatic N) is 2. The van der Waals surface area contributed by atoms with E-state index in [1.54, 1.807) is 38.6 Å². The average Bonchev–Trinajstić information content (AvgIpc) is 2.86. The Hall–Kier alpha value is -3.89. The molecule has 0 aliphatic heterocycles. The number of ether oxygens (including phenoxy) is 4. The summed E-state index contributed by atoms with van der Waals surface area (Å²) in [4.78, 5) is 0. The van der Waals surface area contributed by atoms with E-state index in [4.69, 9.17) is 35.8 Å². The van der Waals surface area contributed by atoms with Crippen LogP contribution < -0.4 is 24.4 Å². The summed E-state index contributed by atoms with van der Waals surface area (Å²) in [6, 6.07) is 18.6. The average molecular weight is 480 g/mol. The van der Waals surface area contributed by atoms with E-state index in [9.17, 15) is 0 Å². The van der Waals surface area contributed by atoms with Gasteiger partial charge in [-0.15, -0.1) is 0 Å². The lowest BCUT2D eigenvalue weighted by Crippen LogP contribution is -2.06. The largest absolute Gasteiger partial charge is 0.493 e. The summed E-state index contributed by atoms with van der Waals surface area (Å²) in [5, 5.41) is 13.6. The summed E-state index contributed by atoms with van der Waals surface area (Å²) in [6.45, 7) is 3.16. The van der Waals surface area contributed by atoms with Crippen molar-refractivity contribution in [2.24, 2.45) is 5.10 Å². The Labute approximate surface area is 204 Å². The lowest BCUT2D eigenvalue weighted by atomic mass is 10.1. The molecule has 0 bridgehead atoms. The van der Waals surface area contributed by atoms with Crippen molar-refractivity contribution in [1.82, 2.24) is 5.43 Å². The van der Waals surface area contributed by atoms with Gasteiger partial charge in [0.15, 0.2) is 23.0 Å². The quantitative estimate of drug-likeness (QED) is 0.295. The van der Waals surface area contributed by atoms with Crippen LogP contribution in [0.1, 0.15) is 29.2 Å². The Balaban J connectivity index is 1.66. The lowest BCUT2D eigenvalue weighted by molar-refractivity contribution is 0.269. The van der Waals surface area contributed by atoms with Gasteiger partial charge < -0.3 is 24.4 Å². The Morgan fingerprint density at radius 3 is 2.35 bits per heavy atom. The van der Waals surface area contributed by atoms with Gasteiger partial charge in [0.2, 0.25) is 0 Å². The number of hydrazone groups is 1. The number of halogens is 1. The van der Waals surface area contributed by atoms with E-state index in [0.29, 0.717) is 53.3 Å². The molecule has 3 rings (SSSR count). The van der Waals surface area contributed by atoms with Crippen molar-refractivity contribution in [1.29, 1.82) is 5.26 Å². The van der Waals surface area contributed by atoms with Gasteiger partial charge in [0.1, 0.15) is 6.61 Å². The van der Waals surface area contributed by atoms with Crippen molar-refractivity contribution < 1.29 is 18.9 Å². The Kier molecular flexibility index (Phi) is 9.01. The molecule has 8 heteroatoms. The fraction of sp³-hybridized carbons (Fsp3) is 0.231. The van der Waals surface area contributed by atoms with Gasteiger partial charge in [-0.3, -0.25) is 0 Å². The Bertz CT molecular complexity index is 1170. The van der Waals surface area contributed by atoms with E-state index in [-0.39, 0.29) is 0 Å². The molecular weight excluding hydrogens is 454 g/mol. The molecule has 0 aliphatic carbocycles. The van der Waals surface area contributed by atoms with Crippen molar-refractivity contribution in [3.05, 3.63) is 81.9 Å². The minimum Gasteiger partial charge on any atom is -0.493 e. The van der Waals surface area contributed by atoms with Gasteiger partial charge >= 0.3 is 0 Å². The van der Waals surface area contributed by atoms with Crippen LogP contribution in [0.15, 0.2) is 59.7 Å². The monoisotopic (exact) mass is 479 g/mol. The van der Waals surface area contributed by atoms with E-state index in [1.165, 1.54) is 0 Å². The van der Waals surface area contributed by atoms with Gasteiger partial charge in [0.05, 0.1) is 50.2 Å². The molecule has 1 N–H and O–H groups in total. The molecule has 0 spiro atoms. The molecule has 0 unspecified atom stereocenters. The van der Waals surface area contributed by atoms with E-state index in [2.05, 4.69) is 16.6 Å². The standard InChI is InChI=1S/C26H26ClN3O4/c1-4-33-25-13-21(16-30-29-15-20-9-10-23(31-2)24(12-20)32-3)11-22(27)26(25)34-17-19-7-5-18(14-28)6-8-19/h5-13,16,29H,4,15,17H2,1-3H3/b30-16+. The molecule has 0 fully saturated rings. The number of rotatable bonds is 11. The van der Waals surface area contributed by atoms with Crippen LogP contribution >= 0.6 is 11.6 Å². The molecule has 0 radical (unpaired) electrons. The molecule has 0 atom stereocenters. The predicted molar refractivity (Wildman–Crippen MR) is 132 cm³/mol. The second-order valence-corrected chi connectivity index (χ2v) is 7.55. The summed E-state index contributed by atoms with van der Waals surface area (Å²) >= 11 is 6.50. The third-order valence-electron chi connectivity index (χ3n) is 4.83. The molecule has 0 heterocycles. The summed E-state index contributed by atoms with van der Waals surface area (Å²) < 4.78 is 22.3. The minimum atomic E-state index is 0.297. The maximum absolute atomic E-state index is 8.93. The summed E-state index contributed by atoms with van der Waals surface area (Å²) in [6.07, 6.45) is 1.67. The SMILES string of the molecule is CCOc1cc(/C=N/NCc2ccc(OC)c(OC)c2)cc(Cl)c1OCc1ccc(C#N)cc1. The first-order chi connectivity index (χ1) is 16.6. The third kappa shape index (κ3) is 6.56. The van der Waals surface area contributed by atoms with Crippen LogP contribution in [-0.2, 0) is 13.2 Å². The first kappa shape index (κ1) is 24.7. The van der Waals surface area contributed by atoms with E-state index >= 15 is 0 Å². The summed E-state index contributed by atoms with van der Waals surface area (Å²) in [5.41, 5.74) is 6.29. The molecule has 0 saturated carbocycles. The number of nitrogens with one attached hydrogen (secondary N) is 1. The van der Waals surface area contributed by atoms with Gasteiger partial charge in [-0.25, -0.2) is 0 Å². The second-order valence-electron chi connectivity index (χ2n) is 7.14. The minimum absolute atomic E-state index is 0.297. The van der Waals surface area contributed by atoms with Gasteiger partial charge in [0.25, 0.3) is 0 Å². The normalized spacial score (nSPS) is 10.6. The van der Waals surface area contributed by atoms with Gasteiger partial charge in [-0.05, 0) is 60.0 Å². The van der Waals surface area contributed by atoms with Crippen molar-refractivity contribution in [2.75, 3.05) is 20.8 Å². The molecule has 176 valence electrons. The van der Waals surface area contributed by atoms with Crippen LogP contribution in [0.2, 0.25) is 5.02 Å². The first-order valence-corrected chi connectivity index (χ1v) is 11.0. The van der Waals surface area contributed by atoms with Crippen LogP contribution in [0, 0.1) is 11.3 Å². The molecule has 0 amide bonds. The highest BCUT2D eigenvalue weighted by Gasteiger charge is 2.13. The maximum Gasteiger partial charge on any atom is 0.180 e. The topological polar surface area (TPSA) is 85.1 Å². The first-order valence-electron chi connectivity index (χ1n) is 10.6. The zero-order valence-corrected chi connectivity index (χ0v) is 20.1. The van der Waals surface area contributed by atoms with Crippen molar-refractivity contribution in [3.63, 3.8) is 0 Å². The number of methoxy groups -OCH3 is 2. The van der Waals surface area contributed by atoms with Crippen molar-refractivity contribution in [3.8, 4) is 29.1 Å². The Morgan fingerprint density at radius 2 is 1.68 bits per heavy atom. The molecule has 3 aromatic carbocycles. The van der Waals surface area contributed by atoms with Crippen LogP contribution in [-0.4, -0.2) is 27.0 Å². The van der Waals surface area contributed by atoms with E-state index in [1.807, 2.05) is 43.3 Å². The predicted octanol–water partition coefficient (Wildman–Crippen LogP) is 5.33. The summed E-state index contributed by atoms with van der Waals surface area (Å²) in [7, 11) is 3.20. The van der Waals surface area contributed by atoms with E-state index < -0.39 is 0 Å². The molecular formula is C26H26ClN3O4. The van der Waals surface area contributed by atoms with Crippen LogP contribution in [0.4, 0.5) is 0 Å².